The summed E-state index contributed by atoms with van der Waals surface area (Å²) < 4.78 is 5.53. The van der Waals surface area contributed by atoms with Crippen molar-refractivity contribution in [1.29, 1.82) is 0 Å². The van der Waals surface area contributed by atoms with Gasteiger partial charge in [-0.2, -0.15) is 0 Å². The zero-order valence-electron chi connectivity index (χ0n) is 22.0. The van der Waals surface area contributed by atoms with Crippen LogP contribution in [0.3, 0.4) is 0 Å². The Morgan fingerprint density at radius 3 is 2.43 bits per heavy atom. The first-order valence-corrected chi connectivity index (χ1v) is 12.6. The van der Waals surface area contributed by atoms with E-state index < -0.39 is 24.0 Å². The molecule has 0 saturated carbocycles. The number of hydrogen-bond acceptors (Lipinski definition) is 5. The van der Waals surface area contributed by atoms with Gasteiger partial charge in [0.05, 0.1) is 16.8 Å². The monoisotopic (exact) mass is 499 g/mol. The van der Waals surface area contributed by atoms with Crippen molar-refractivity contribution in [2.45, 2.75) is 59.0 Å². The maximum atomic E-state index is 13.4. The minimum absolute atomic E-state index is 0.0786. The zero-order chi connectivity index (χ0) is 26.7. The molecule has 0 aliphatic heterocycles. The quantitative estimate of drug-likeness (QED) is 0.458. The van der Waals surface area contributed by atoms with Crippen LogP contribution in [0.4, 0.5) is 4.79 Å². The average molecular weight is 500 g/mol. The number of pyridine rings is 1. The number of esters is 1. The molecule has 0 bridgehead atoms. The lowest BCUT2D eigenvalue weighted by molar-refractivity contribution is -0.127. The molecule has 2 N–H and O–H groups in total. The number of allylic oxidation sites excluding steroid dienone is 1. The molecule has 192 valence electrons. The number of carbonyl (C=O) groups excluding carboxylic acids is 3. The van der Waals surface area contributed by atoms with E-state index in [9.17, 15) is 14.4 Å². The first kappa shape index (κ1) is 26.1. The summed E-state index contributed by atoms with van der Waals surface area (Å²) in [5.41, 5.74) is 6.18. The Hall–Kier alpha value is -4.00. The Balaban J connectivity index is 1.67. The van der Waals surface area contributed by atoms with Crippen LogP contribution in [0.15, 0.2) is 48.5 Å². The van der Waals surface area contributed by atoms with Crippen molar-refractivity contribution in [2.24, 2.45) is 0 Å². The van der Waals surface area contributed by atoms with Crippen LogP contribution in [-0.4, -0.2) is 35.5 Å². The summed E-state index contributed by atoms with van der Waals surface area (Å²) in [7, 11) is 0. The van der Waals surface area contributed by atoms with Gasteiger partial charge in [-0.3, -0.25) is 10.1 Å². The molecule has 1 aliphatic carbocycles. The van der Waals surface area contributed by atoms with Gasteiger partial charge in [0.1, 0.15) is 0 Å². The highest BCUT2D eigenvalue weighted by molar-refractivity contribution is 6.08. The fraction of sp³-hybridized carbons (Fsp3) is 0.333. The zero-order valence-corrected chi connectivity index (χ0v) is 22.0. The molecule has 1 aliphatic rings. The highest BCUT2D eigenvalue weighted by atomic mass is 16.5. The lowest BCUT2D eigenvalue weighted by Crippen LogP contribution is -2.44. The summed E-state index contributed by atoms with van der Waals surface area (Å²) in [6.07, 6.45) is 2.36. The molecular weight excluding hydrogens is 466 g/mol. The van der Waals surface area contributed by atoms with Gasteiger partial charge in [0, 0.05) is 11.9 Å². The van der Waals surface area contributed by atoms with Crippen molar-refractivity contribution in [1.82, 2.24) is 15.6 Å². The molecule has 37 heavy (non-hydrogen) atoms. The number of aromatic nitrogens is 1. The number of urea groups is 1. The number of carbonyl (C=O) groups is 3. The molecule has 2 aromatic carbocycles. The number of nitrogens with zero attached hydrogens (tertiary/aromatic N) is 1. The van der Waals surface area contributed by atoms with E-state index in [2.05, 4.69) is 61.7 Å². The molecule has 7 nitrogen and oxygen atoms in total. The third kappa shape index (κ3) is 5.71. The van der Waals surface area contributed by atoms with Gasteiger partial charge >= 0.3 is 12.0 Å². The summed E-state index contributed by atoms with van der Waals surface area (Å²) >= 11 is 0. The van der Waals surface area contributed by atoms with Crippen LogP contribution in [0.1, 0.15) is 73.8 Å². The van der Waals surface area contributed by atoms with Crippen LogP contribution in [0.25, 0.3) is 22.6 Å². The van der Waals surface area contributed by atoms with Crippen LogP contribution in [0, 0.1) is 0 Å². The van der Waals surface area contributed by atoms with Gasteiger partial charge in [-0.1, -0.05) is 63.2 Å². The number of hydrogen-bond donors (Lipinski definition) is 2. The predicted octanol–water partition coefficient (Wildman–Crippen LogP) is 5.41. The average Bonchev–Trinajstić information content (AvgIpc) is 3.24. The predicted molar refractivity (Wildman–Crippen MR) is 145 cm³/mol. The van der Waals surface area contributed by atoms with Crippen LogP contribution < -0.4 is 10.6 Å². The lowest BCUT2D eigenvalue weighted by atomic mass is 9.86. The summed E-state index contributed by atoms with van der Waals surface area (Å²) in [5.74, 6) is -1.29. The second-order valence-corrected chi connectivity index (χ2v) is 10.3. The van der Waals surface area contributed by atoms with Gasteiger partial charge in [0.15, 0.2) is 6.10 Å². The van der Waals surface area contributed by atoms with E-state index in [1.807, 2.05) is 24.3 Å². The van der Waals surface area contributed by atoms with Gasteiger partial charge in [-0.05, 0) is 66.5 Å². The SMILES string of the molecule is CCNC(=O)NC(=O)C(C)OC(=O)c1c2c(nc3ccccc13)/C(=C\c1ccc(C(C)(C)C)cc1)CC2. The maximum absolute atomic E-state index is 13.4. The number of para-hydroxylation sites is 1. The molecule has 1 atom stereocenters. The first-order valence-electron chi connectivity index (χ1n) is 12.6. The molecule has 3 amide bonds. The third-order valence-electron chi connectivity index (χ3n) is 6.49. The second kappa shape index (κ2) is 10.5. The van der Waals surface area contributed by atoms with Crippen molar-refractivity contribution >= 4 is 40.5 Å². The lowest BCUT2D eigenvalue weighted by Gasteiger charge is -2.18. The van der Waals surface area contributed by atoms with Crippen LogP contribution in [0.2, 0.25) is 0 Å². The summed E-state index contributed by atoms with van der Waals surface area (Å²) in [6.45, 7) is 10.1. The minimum Gasteiger partial charge on any atom is -0.449 e. The molecule has 0 spiro atoms. The molecule has 0 radical (unpaired) electrons. The molecule has 3 aromatic rings. The Bertz CT molecular complexity index is 1380. The van der Waals surface area contributed by atoms with Crippen LogP contribution in [0.5, 0.6) is 0 Å². The molecular formula is C30H33N3O4. The van der Waals surface area contributed by atoms with Gasteiger partial charge < -0.3 is 10.1 Å². The molecule has 1 aromatic heterocycles. The first-order chi connectivity index (χ1) is 17.6. The highest BCUT2D eigenvalue weighted by Crippen LogP contribution is 2.38. The van der Waals surface area contributed by atoms with E-state index in [1.165, 1.54) is 12.5 Å². The second-order valence-electron chi connectivity index (χ2n) is 10.3. The smallest absolute Gasteiger partial charge is 0.339 e. The molecule has 1 heterocycles. The summed E-state index contributed by atoms with van der Waals surface area (Å²) in [5, 5.41) is 5.35. The van der Waals surface area contributed by atoms with E-state index in [1.54, 1.807) is 6.92 Å². The van der Waals surface area contributed by atoms with Crippen LogP contribution in [-0.2, 0) is 21.4 Å². The van der Waals surface area contributed by atoms with E-state index in [4.69, 9.17) is 9.72 Å². The third-order valence-corrected chi connectivity index (χ3v) is 6.49. The number of fused-ring (bicyclic) bond motifs is 2. The van der Waals surface area contributed by atoms with Crippen LogP contribution >= 0.6 is 0 Å². The van der Waals surface area contributed by atoms with E-state index in [-0.39, 0.29) is 5.41 Å². The highest BCUT2D eigenvalue weighted by Gasteiger charge is 2.29. The van der Waals surface area contributed by atoms with Crippen molar-refractivity contribution in [3.05, 3.63) is 76.5 Å². The molecule has 1 unspecified atom stereocenters. The fourth-order valence-electron chi connectivity index (χ4n) is 4.48. The van der Waals surface area contributed by atoms with Crippen molar-refractivity contribution in [3.8, 4) is 0 Å². The van der Waals surface area contributed by atoms with Gasteiger partial charge in [-0.15, -0.1) is 0 Å². The minimum atomic E-state index is -1.14. The Morgan fingerprint density at radius 2 is 1.76 bits per heavy atom. The fourth-order valence-corrected chi connectivity index (χ4v) is 4.48. The topological polar surface area (TPSA) is 97.4 Å². The van der Waals surface area contributed by atoms with Crippen molar-refractivity contribution in [2.75, 3.05) is 6.54 Å². The largest absolute Gasteiger partial charge is 0.449 e. The Morgan fingerprint density at radius 1 is 1.05 bits per heavy atom. The normalized spacial score (nSPS) is 14.8. The van der Waals surface area contributed by atoms with Gasteiger partial charge in [0.25, 0.3) is 5.91 Å². The molecule has 7 heteroatoms. The number of benzene rings is 2. The number of imide groups is 1. The van der Waals surface area contributed by atoms with Gasteiger partial charge in [-0.25, -0.2) is 14.6 Å². The number of ether oxygens (including phenoxy) is 1. The standard InChI is InChI=1S/C30H33N3O4/c1-6-31-29(36)33-27(34)18(2)37-28(35)25-22-9-7-8-10-24(22)32-26-20(13-16-23(25)26)17-19-11-14-21(15-12-19)30(3,4)5/h7-12,14-15,17-18H,6,13,16H2,1-5H3,(H2,31,33,34,36)/b20-17-. The number of rotatable bonds is 5. The Kier molecular flexibility index (Phi) is 7.43. The van der Waals surface area contributed by atoms with Gasteiger partial charge in [0.2, 0.25) is 0 Å². The van der Waals surface area contributed by atoms with E-state index >= 15 is 0 Å². The molecule has 0 saturated heterocycles. The van der Waals surface area contributed by atoms with E-state index in [0.29, 0.717) is 29.4 Å². The Labute approximate surface area is 217 Å². The number of nitrogens with one attached hydrogen (secondary N) is 2. The maximum Gasteiger partial charge on any atom is 0.339 e. The molecule has 4 rings (SSSR count). The summed E-state index contributed by atoms with van der Waals surface area (Å²) in [4.78, 5) is 42.4. The molecule has 0 fully saturated rings. The summed E-state index contributed by atoms with van der Waals surface area (Å²) in [6, 6.07) is 15.3. The van der Waals surface area contributed by atoms with Crippen molar-refractivity contribution in [3.63, 3.8) is 0 Å². The van der Waals surface area contributed by atoms with Crippen molar-refractivity contribution < 1.29 is 19.1 Å². The van der Waals surface area contributed by atoms with E-state index in [0.717, 1.165) is 28.8 Å². The number of amides is 3.